The molecule has 0 spiro atoms. The van der Waals surface area contributed by atoms with Gasteiger partial charge < -0.3 is 15.3 Å². The van der Waals surface area contributed by atoms with Crippen molar-refractivity contribution in [1.82, 2.24) is 14.8 Å². The number of nitrogens with one attached hydrogen (secondary N) is 1. The summed E-state index contributed by atoms with van der Waals surface area (Å²) >= 11 is 0. The first-order valence-electron chi connectivity index (χ1n) is 9.11. The number of anilines is 1. The largest absolute Gasteiger partial charge is 0.395 e. The molecular weight excluding hydrogens is 372 g/mol. The number of rotatable bonds is 7. The number of nitrogens with zero attached hydrogens (tertiary/aromatic N) is 3. The van der Waals surface area contributed by atoms with Crippen LogP contribution in [0, 0.1) is 0 Å². The van der Waals surface area contributed by atoms with E-state index in [9.17, 15) is 19.5 Å². The van der Waals surface area contributed by atoms with E-state index in [4.69, 9.17) is 0 Å². The van der Waals surface area contributed by atoms with E-state index in [0.29, 0.717) is 11.3 Å². The average Bonchev–Trinajstić information content (AvgIpc) is 2.94. The van der Waals surface area contributed by atoms with Crippen molar-refractivity contribution in [3.05, 3.63) is 65.6 Å². The van der Waals surface area contributed by atoms with Gasteiger partial charge >= 0.3 is 0 Å². The lowest BCUT2D eigenvalue weighted by molar-refractivity contribution is -0.138. The van der Waals surface area contributed by atoms with E-state index in [1.807, 2.05) is 0 Å². The third kappa shape index (κ3) is 4.33. The third-order valence-electron chi connectivity index (χ3n) is 4.54. The molecule has 0 saturated heterocycles. The van der Waals surface area contributed by atoms with Gasteiger partial charge in [0.15, 0.2) is 0 Å². The van der Waals surface area contributed by atoms with Crippen molar-refractivity contribution in [2.45, 2.75) is 13.5 Å². The smallest absolute Gasteiger partial charge is 0.278 e. The summed E-state index contributed by atoms with van der Waals surface area (Å²) in [5.74, 6) is -1.02. The topological polar surface area (TPSA) is 103 Å². The summed E-state index contributed by atoms with van der Waals surface area (Å²) in [6, 6.07) is 10.2. The monoisotopic (exact) mass is 394 g/mol. The van der Waals surface area contributed by atoms with Crippen LogP contribution in [0.25, 0.3) is 5.57 Å². The summed E-state index contributed by atoms with van der Waals surface area (Å²) < 4.78 is 0. The van der Waals surface area contributed by atoms with Crippen molar-refractivity contribution < 1.29 is 19.5 Å². The van der Waals surface area contributed by atoms with Crippen LogP contribution in [0.5, 0.6) is 0 Å². The van der Waals surface area contributed by atoms with Crippen LogP contribution >= 0.6 is 0 Å². The minimum absolute atomic E-state index is 0.129. The Morgan fingerprint density at radius 3 is 2.34 bits per heavy atom. The van der Waals surface area contributed by atoms with Gasteiger partial charge in [-0.05, 0) is 35.4 Å². The number of carbonyl (C=O) groups is 3. The van der Waals surface area contributed by atoms with E-state index in [1.165, 1.54) is 11.8 Å². The molecule has 3 rings (SSSR count). The van der Waals surface area contributed by atoms with Gasteiger partial charge in [0.25, 0.3) is 11.8 Å². The maximum atomic E-state index is 13.2. The number of aromatic nitrogens is 1. The molecule has 8 heteroatoms. The molecule has 0 aliphatic carbocycles. The minimum atomic E-state index is -0.413. The predicted molar refractivity (Wildman–Crippen MR) is 107 cm³/mol. The van der Waals surface area contributed by atoms with Gasteiger partial charge in [0.05, 0.1) is 18.7 Å². The zero-order valence-electron chi connectivity index (χ0n) is 16.3. The number of benzene rings is 1. The number of hydrogen-bond acceptors (Lipinski definition) is 6. The van der Waals surface area contributed by atoms with Crippen LogP contribution in [0.1, 0.15) is 18.1 Å². The number of pyridine rings is 1. The van der Waals surface area contributed by atoms with Gasteiger partial charge in [-0.3, -0.25) is 24.3 Å². The Morgan fingerprint density at radius 2 is 1.76 bits per heavy atom. The van der Waals surface area contributed by atoms with Crippen molar-refractivity contribution in [2.75, 3.05) is 25.5 Å². The number of aliphatic hydroxyl groups is 1. The number of carbonyl (C=O) groups excluding carboxylic acids is 3. The lowest BCUT2D eigenvalue weighted by atomic mass is 10.0. The SMILES string of the molecule is CC(=O)Nc1ccc(C2=C(N(C)CCO)C(=O)N(Cc3ccncc3)C2=O)cc1. The van der Waals surface area contributed by atoms with Gasteiger partial charge in [-0.25, -0.2) is 0 Å². The highest BCUT2D eigenvalue weighted by molar-refractivity contribution is 6.35. The molecule has 0 bridgehead atoms. The Labute approximate surface area is 168 Å². The van der Waals surface area contributed by atoms with Crippen LogP contribution in [-0.4, -0.2) is 57.8 Å². The molecule has 0 unspecified atom stereocenters. The molecule has 1 aliphatic rings. The maximum absolute atomic E-state index is 13.2. The van der Waals surface area contributed by atoms with Crippen molar-refractivity contribution in [3.63, 3.8) is 0 Å². The molecule has 0 atom stereocenters. The molecule has 29 heavy (non-hydrogen) atoms. The zero-order chi connectivity index (χ0) is 21.0. The second-order valence-corrected chi connectivity index (χ2v) is 6.68. The standard InChI is InChI=1S/C21H22N4O4/c1-14(27)23-17-5-3-16(4-6-17)18-19(24(2)11-12-26)21(29)25(20(18)28)13-15-7-9-22-10-8-15/h3-10,26H,11-13H2,1-2H3,(H,23,27). The number of amides is 3. The van der Waals surface area contributed by atoms with Crippen LogP contribution in [0.2, 0.25) is 0 Å². The van der Waals surface area contributed by atoms with Crippen LogP contribution in [-0.2, 0) is 20.9 Å². The molecule has 0 radical (unpaired) electrons. The Hall–Kier alpha value is -3.52. The van der Waals surface area contributed by atoms with Gasteiger partial charge in [0.1, 0.15) is 5.70 Å². The van der Waals surface area contributed by atoms with Crippen molar-refractivity contribution >= 4 is 29.0 Å². The lowest BCUT2D eigenvalue weighted by Gasteiger charge is -2.20. The van der Waals surface area contributed by atoms with Crippen LogP contribution in [0.15, 0.2) is 54.5 Å². The highest BCUT2D eigenvalue weighted by Crippen LogP contribution is 2.32. The Morgan fingerprint density at radius 1 is 1.10 bits per heavy atom. The van der Waals surface area contributed by atoms with Crippen LogP contribution in [0.4, 0.5) is 5.69 Å². The van der Waals surface area contributed by atoms with E-state index >= 15 is 0 Å². The van der Waals surface area contributed by atoms with Gasteiger partial charge in [-0.15, -0.1) is 0 Å². The number of hydrogen-bond donors (Lipinski definition) is 2. The van der Waals surface area contributed by atoms with Gasteiger partial charge in [0.2, 0.25) is 5.91 Å². The summed E-state index contributed by atoms with van der Waals surface area (Å²) in [6.45, 7) is 1.60. The molecule has 2 heterocycles. The predicted octanol–water partition coefficient (Wildman–Crippen LogP) is 1.24. The fourth-order valence-electron chi connectivity index (χ4n) is 3.18. The summed E-state index contributed by atoms with van der Waals surface area (Å²) in [5.41, 5.74) is 2.46. The first-order valence-corrected chi connectivity index (χ1v) is 9.11. The second kappa shape index (κ2) is 8.66. The summed E-state index contributed by atoms with van der Waals surface area (Å²) in [6.07, 6.45) is 3.21. The molecule has 0 saturated carbocycles. The molecule has 2 N–H and O–H groups in total. The van der Waals surface area contributed by atoms with Gasteiger partial charge in [0, 0.05) is 38.6 Å². The molecule has 0 fully saturated rings. The van der Waals surface area contributed by atoms with E-state index in [0.717, 1.165) is 5.56 Å². The van der Waals surface area contributed by atoms with E-state index in [-0.39, 0.29) is 36.9 Å². The Kier molecular flexibility index (Phi) is 6.04. The quantitative estimate of drug-likeness (QED) is 0.685. The fourth-order valence-corrected chi connectivity index (χ4v) is 3.18. The highest BCUT2D eigenvalue weighted by atomic mass is 16.3. The molecular formula is C21H22N4O4. The zero-order valence-corrected chi connectivity index (χ0v) is 16.3. The molecule has 1 aliphatic heterocycles. The van der Waals surface area contributed by atoms with Gasteiger partial charge in [-0.2, -0.15) is 0 Å². The Bertz CT molecular complexity index is 954. The first kappa shape index (κ1) is 20.2. The molecule has 150 valence electrons. The number of imide groups is 1. The second-order valence-electron chi connectivity index (χ2n) is 6.68. The number of likely N-dealkylation sites (N-methyl/N-ethyl adjacent to an activating group) is 1. The van der Waals surface area contributed by atoms with Crippen molar-refractivity contribution in [2.24, 2.45) is 0 Å². The van der Waals surface area contributed by atoms with Gasteiger partial charge in [-0.1, -0.05) is 12.1 Å². The highest BCUT2D eigenvalue weighted by Gasteiger charge is 2.40. The Balaban J connectivity index is 1.98. The summed E-state index contributed by atoms with van der Waals surface area (Å²) in [4.78, 5) is 44.2. The third-order valence-corrected chi connectivity index (χ3v) is 4.54. The molecule has 3 amide bonds. The van der Waals surface area contributed by atoms with Crippen LogP contribution < -0.4 is 5.32 Å². The maximum Gasteiger partial charge on any atom is 0.278 e. The fraction of sp³-hybridized carbons (Fsp3) is 0.238. The van der Waals surface area contributed by atoms with Crippen molar-refractivity contribution in [1.29, 1.82) is 0 Å². The van der Waals surface area contributed by atoms with E-state index < -0.39 is 11.8 Å². The minimum Gasteiger partial charge on any atom is -0.395 e. The van der Waals surface area contributed by atoms with E-state index in [2.05, 4.69) is 10.3 Å². The lowest BCUT2D eigenvalue weighted by Crippen LogP contribution is -2.34. The average molecular weight is 394 g/mol. The first-order chi connectivity index (χ1) is 13.9. The molecule has 1 aromatic carbocycles. The van der Waals surface area contributed by atoms with E-state index in [1.54, 1.807) is 60.7 Å². The molecule has 1 aromatic heterocycles. The molecule has 8 nitrogen and oxygen atoms in total. The molecule has 2 aromatic rings. The van der Waals surface area contributed by atoms with Crippen molar-refractivity contribution in [3.8, 4) is 0 Å². The summed E-state index contributed by atoms with van der Waals surface area (Å²) in [7, 11) is 1.67. The number of aliphatic hydroxyl groups excluding tert-OH is 1. The summed E-state index contributed by atoms with van der Waals surface area (Å²) in [5, 5.41) is 12.0. The van der Waals surface area contributed by atoms with Crippen LogP contribution in [0.3, 0.4) is 0 Å². The normalized spacial score (nSPS) is 13.8.